The Morgan fingerprint density at radius 1 is 1.14 bits per heavy atom. The van der Waals surface area contributed by atoms with Gasteiger partial charge in [0.1, 0.15) is 0 Å². The van der Waals surface area contributed by atoms with Gasteiger partial charge in [0.25, 0.3) is 0 Å². The number of nitrogens with one attached hydrogen (secondary N) is 1. The average molecular weight is 382 g/mol. The number of hydrogen-bond donors (Lipinski definition) is 2. The first-order valence-electron chi connectivity index (χ1n) is 10.1. The summed E-state index contributed by atoms with van der Waals surface area (Å²) in [6.45, 7) is 1.35. The van der Waals surface area contributed by atoms with Gasteiger partial charge in [0.15, 0.2) is 0 Å². The van der Waals surface area contributed by atoms with E-state index in [9.17, 15) is 14.7 Å². The molecule has 1 amide bonds. The van der Waals surface area contributed by atoms with Crippen molar-refractivity contribution < 1.29 is 14.7 Å². The number of piperidine rings is 1. The quantitative estimate of drug-likeness (QED) is 0.828. The molecule has 2 aliphatic rings. The van der Waals surface area contributed by atoms with Crippen molar-refractivity contribution in [1.29, 1.82) is 0 Å². The number of aryl methyl sites for hydroxylation is 1. The number of carbonyl (C=O) groups is 2. The highest BCUT2D eigenvalue weighted by Crippen LogP contribution is 2.37. The Morgan fingerprint density at radius 2 is 1.89 bits per heavy atom. The number of aromatic amines is 1. The van der Waals surface area contributed by atoms with Crippen LogP contribution in [0, 0.1) is 5.92 Å². The molecule has 4 rings (SSSR count). The van der Waals surface area contributed by atoms with Gasteiger partial charge in [-0.1, -0.05) is 30.3 Å². The topological polar surface area (TPSA) is 99.2 Å². The smallest absolute Gasteiger partial charge is 0.303 e. The van der Waals surface area contributed by atoms with Gasteiger partial charge in [-0.3, -0.25) is 9.59 Å². The van der Waals surface area contributed by atoms with Crippen LogP contribution in [0.5, 0.6) is 0 Å². The monoisotopic (exact) mass is 382 g/mol. The minimum atomic E-state index is -0.770. The zero-order valence-corrected chi connectivity index (χ0v) is 15.9. The third-order valence-corrected chi connectivity index (χ3v) is 6.23. The number of likely N-dealkylation sites (tertiary alicyclic amines) is 1. The van der Waals surface area contributed by atoms with Crippen LogP contribution in [0.25, 0.3) is 0 Å². The summed E-state index contributed by atoms with van der Waals surface area (Å²) in [7, 11) is 0. The van der Waals surface area contributed by atoms with Gasteiger partial charge in [-0.05, 0) is 49.5 Å². The summed E-state index contributed by atoms with van der Waals surface area (Å²) in [5.41, 5.74) is 2.81. The van der Waals surface area contributed by atoms with Crippen molar-refractivity contribution in [2.24, 2.45) is 5.92 Å². The van der Waals surface area contributed by atoms with Crippen molar-refractivity contribution in [3.8, 4) is 0 Å². The third kappa shape index (κ3) is 3.79. The zero-order valence-electron chi connectivity index (χ0n) is 15.9. The van der Waals surface area contributed by atoms with Crippen molar-refractivity contribution in [3.63, 3.8) is 0 Å². The molecular formula is C21H26N4O3. The number of carbonyl (C=O) groups excluding carboxylic acids is 1. The number of carboxylic acid groups (broad SMARTS) is 1. The SMILES string of the molecule is O=C(O)CC(c1ccccc1)C1CCN(C(=O)C2CCCc3n[nH]nc32)CC1. The van der Waals surface area contributed by atoms with Crippen molar-refractivity contribution in [3.05, 3.63) is 47.3 Å². The molecule has 1 aliphatic heterocycles. The van der Waals surface area contributed by atoms with Crippen molar-refractivity contribution >= 4 is 11.9 Å². The van der Waals surface area contributed by atoms with E-state index >= 15 is 0 Å². The number of aromatic nitrogens is 3. The maximum atomic E-state index is 13.1. The normalized spacial score (nSPS) is 21.1. The van der Waals surface area contributed by atoms with E-state index in [4.69, 9.17) is 0 Å². The molecule has 1 aromatic carbocycles. The molecule has 0 bridgehead atoms. The Labute approximate surface area is 164 Å². The number of nitrogens with zero attached hydrogens (tertiary/aromatic N) is 3. The lowest BCUT2D eigenvalue weighted by molar-refractivity contribution is -0.139. The number of fused-ring (bicyclic) bond motifs is 1. The van der Waals surface area contributed by atoms with Gasteiger partial charge in [0.05, 0.1) is 23.7 Å². The second kappa shape index (κ2) is 8.12. The molecule has 7 nitrogen and oxygen atoms in total. The molecule has 1 aliphatic carbocycles. The molecule has 2 N–H and O–H groups in total. The fourth-order valence-electron chi connectivity index (χ4n) is 4.76. The number of hydrogen-bond acceptors (Lipinski definition) is 4. The van der Waals surface area contributed by atoms with E-state index in [1.165, 1.54) is 0 Å². The van der Waals surface area contributed by atoms with E-state index in [1.54, 1.807) is 0 Å². The molecule has 1 saturated heterocycles. The van der Waals surface area contributed by atoms with Crippen LogP contribution in [0.2, 0.25) is 0 Å². The molecule has 2 aromatic rings. The van der Waals surface area contributed by atoms with Gasteiger partial charge in [0, 0.05) is 13.1 Å². The fourth-order valence-corrected chi connectivity index (χ4v) is 4.76. The maximum absolute atomic E-state index is 13.1. The number of aliphatic carboxylic acids is 1. The summed E-state index contributed by atoms with van der Waals surface area (Å²) < 4.78 is 0. The van der Waals surface area contributed by atoms with Gasteiger partial charge in [-0.15, -0.1) is 0 Å². The van der Waals surface area contributed by atoms with Crippen LogP contribution < -0.4 is 0 Å². The summed E-state index contributed by atoms with van der Waals surface area (Å²) in [4.78, 5) is 26.4. The van der Waals surface area contributed by atoms with Crippen LogP contribution in [0.4, 0.5) is 0 Å². The minimum Gasteiger partial charge on any atom is -0.481 e. The van der Waals surface area contributed by atoms with Crippen LogP contribution in [-0.4, -0.2) is 50.4 Å². The second-order valence-corrected chi connectivity index (χ2v) is 7.88. The van der Waals surface area contributed by atoms with E-state index in [-0.39, 0.29) is 30.1 Å². The van der Waals surface area contributed by atoms with E-state index in [0.717, 1.165) is 49.1 Å². The molecule has 0 spiro atoms. The highest BCUT2D eigenvalue weighted by Gasteiger charge is 2.36. The summed E-state index contributed by atoms with van der Waals surface area (Å²) in [6.07, 6.45) is 4.46. The van der Waals surface area contributed by atoms with Gasteiger partial charge in [-0.2, -0.15) is 15.4 Å². The first-order valence-corrected chi connectivity index (χ1v) is 10.1. The first kappa shape index (κ1) is 18.7. The van der Waals surface area contributed by atoms with E-state index in [2.05, 4.69) is 15.4 Å². The number of rotatable bonds is 5. The molecule has 148 valence electrons. The van der Waals surface area contributed by atoms with Crippen molar-refractivity contribution in [1.82, 2.24) is 20.3 Å². The van der Waals surface area contributed by atoms with E-state index in [1.807, 2.05) is 35.2 Å². The number of amides is 1. The molecule has 2 unspecified atom stereocenters. The molecule has 0 radical (unpaired) electrons. The molecular weight excluding hydrogens is 356 g/mol. The predicted molar refractivity (Wildman–Crippen MR) is 103 cm³/mol. The lowest BCUT2D eigenvalue weighted by Gasteiger charge is -2.37. The number of H-pyrrole nitrogens is 1. The molecule has 1 aromatic heterocycles. The lowest BCUT2D eigenvalue weighted by atomic mass is 9.78. The molecule has 1 fully saturated rings. The molecule has 2 atom stereocenters. The zero-order chi connectivity index (χ0) is 19.5. The number of carboxylic acids is 1. The Hall–Kier alpha value is -2.70. The molecule has 7 heteroatoms. The molecule has 2 heterocycles. The molecule has 28 heavy (non-hydrogen) atoms. The maximum Gasteiger partial charge on any atom is 0.303 e. The van der Waals surface area contributed by atoms with Gasteiger partial charge >= 0.3 is 5.97 Å². The van der Waals surface area contributed by atoms with Gasteiger partial charge in [-0.25, -0.2) is 0 Å². The Balaban J connectivity index is 1.42. The first-order chi connectivity index (χ1) is 13.6. The Bertz CT molecular complexity index is 827. The summed E-state index contributed by atoms with van der Waals surface area (Å²) >= 11 is 0. The van der Waals surface area contributed by atoms with Crippen LogP contribution in [0.15, 0.2) is 30.3 Å². The Kier molecular flexibility index (Phi) is 5.41. The summed E-state index contributed by atoms with van der Waals surface area (Å²) in [6, 6.07) is 9.90. The minimum absolute atomic E-state index is 0.00669. The average Bonchev–Trinajstić information content (AvgIpc) is 3.21. The van der Waals surface area contributed by atoms with E-state index < -0.39 is 5.97 Å². The van der Waals surface area contributed by atoms with Gasteiger partial charge < -0.3 is 10.0 Å². The highest BCUT2D eigenvalue weighted by atomic mass is 16.4. The second-order valence-electron chi connectivity index (χ2n) is 7.88. The lowest BCUT2D eigenvalue weighted by Crippen LogP contribution is -2.43. The third-order valence-electron chi connectivity index (χ3n) is 6.23. The van der Waals surface area contributed by atoms with Crippen LogP contribution >= 0.6 is 0 Å². The van der Waals surface area contributed by atoms with Gasteiger partial charge in [0.2, 0.25) is 5.91 Å². The summed E-state index contributed by atoms with van der Waals surface area (Å²) in [5, 5.41) is 20.4. The van der Waals surface area contributed by atoms with Crippen LogP contribution in [0.3, 0.4) is 0 Å². The standard InChI is InChI=1S/C21H26N4O3/c26-19(27)13-17(14-5-2-1-3-6-14)15-9-11-25(12-10-15)21(28)16-7-4-8-18-20(16)23-24-22-18/h1-3,5-6,15-17H,4,7-13H2,(H,26,27)(H,22,23,24). The van der Waals surface area contributed by atoms with Crippen LogP contribution in [-0.2, 0) is 16.0 Å². The number of benzene rings is 1. The largest absolute Gasteiger partial charge is 0.481 e. The fraction of sp³-hybridized carbons (Fsp3) is 0.524. The highest BCUT2D eigenvalue weighted by molar-refractivity contribution is 5.83. The Morgan fingerprint density at radius 3 is 2.61 bits per heavy atom. The van der Waals surface area contributed by atoms with E-state index in [0.29, 0.717) is 13.1 Å². The summed E-state index contributed by atoms with van der Waals surface area (Å²) in [5.74, 6) is -0.553. The predicted octanol–water partition coefficient (Wildman–Crippen LogP) is 2.72. The van der Waals surface area contributed by atoms with Crippen molar-refractivity contribution in [2.75, 3.05) is 13.1 Å². The molecule has 0 saturated carbocycles. The van der Waals surface area contributed by atoms with Crippen LogP contribution in [0.1, 0.15) is 60.9 Å². The van der Waals surface area contributed by atoms with Crippen molar-refractivity contribution in [2.45, 2.75) is 50.4 Å².